The molecule has 4 heteroatoms. The van der Waals surface area contributed by atoms with Gasteiger partial charge in [0.1, 0.15) is 0 Å². The number of likely N-dealkylation sites (tertiary alicyclic amines) is 1. The Morgan fingerprint density at radius 1 is 0.889 bits per heavy atom. The van der Waals surface area contributed by atoms with Gasteiger partial charge in [0.2, 0.25) is 5.78 Å². The van der Waals surface area contributed by atoms with E-state index in [1.807, 2.05) is 12.1 Å². The Balaban J connectivity index is 1.41. The molecular weight excluding hydrogens is 336 g/mol. The van der Waals surface area contributed by atoms with Crippen molar-refractivity contribution in [2.45, 2.75) is 32.4 Å². The van der Waals surface area contributed by atoms with Crippen LogP contribution in [0.4, 0.5) is 0 Å². The zero-order valence-electron chi connectivity index (χ0n) is 15.6. The number of nitrogens with one attached hydrogen (secondary N) is 1. The quantitative estimate of drug-likeness (QED) is 0.905. The van der Waals surface area contributed by atoms with E-state index in [0.717, 1.165) is 32.5 Å². The highest BCUT2D eigenvalue weighted by molar-refractivity contribution is 6.26. The third-order valence-electron chi connectivity index (χ3n) is 5.54. The molecule has 1 heterocycles. The van der Waals surface area contributed by atoms with E-state index < -0.39 is 0 Å². The van der Waals surface area contributed by atoms with Crippen LogP contribution < -0.4 is 5.32 Å². The van der Waals surface area contributed by atoms with Gasteiger partial charge in [-0.15, -0.1) is 0 Å². The number of fused-ring (bicyclic) bond motifs is 1. The number of piperidine rings is 1. The standard InChI is InChI=1S/C23H24N2O2/c1-16-21(23(27)20-10-6-5-9-19(20)22(16)26)24-18-11-13-25(14-12-18)15-17-7-3-2-4-8-17/h2-10,18,24H,11-15H2,1H3. The van der Waals surface area contributed by atoms with Crippen molar-refractivity contribution in [3.05, 3.63) is 82.6 Å². The predicted octanol–water partition coefficient (Wildman–Crippen LogP) is 3.59. The summed E-state index contributed by atoms with van der Waals surface area (Å²) in [7, 11) is 0. The molecule has 138 valence electrons. The molecule has 0 unspecified atom stereocenters. The Bertz CT molecular complexity index is 894. The van der Waals surface area contributed by atoms with Crippen LogP contribution in [0.3, 0.4) is 0 Å². The normalized spacial score (nSPS) is 18.6. The van der Waals surface area contributed by atoms with Gasteiger partial charge in [0.05, 0.1) is 5.70 Å². The van der Waals surface area contributed by atoms with Gasteiger partial charge < -0.3 is 5.32 Å². The summed E-state index contributed by atoms with van der Waals surface area (Å²) in [4.78, 5) is 27.9. The van der Waals surface area contributed by atoms with Crippen LogP contribution in [-0.2, 0) is 6.54 Å². The Morgan fingerprint density at radius 3 is 2.15 bits per heavy atom. The predicted molar refractivity (Wildman–Crippen MR) is 106 cm³/mol. The highest BCUT2D eigenvalue weighted by atomic mass is 16.1. The largest absolute Gasteiger partial charge is 0.379 e. The van der Waals surface area contributed by atoms with E-state index in [1.165, 1.54) is 5.56 Å². The van der Waals surface area contributed by atoms with E-state index in [4.69, 9.17) is 0 Å². The molecule has 1 saturated heterocycles. The van der Waals surface area contributed by atoms with Crippen LogP contribution in [-0.4, -0.2) is 35.6 Å². The van der Waals surface area contributed by atoms with Gasteiger partial charge in [0, 0.05) is 42.4 Å². The second-order valence-corrected chi connectivity index (χ2v) is 7.38. The molecule has 27 heavy (non-hydrogen) atoms. The molecule has 0 atom stereocenters. The molecule has 0 spiro atoms. The molecule has 0 radical (unpaired) electrons. The number of carbonyl (C=O) groups is 2. The third-order valence-corrected chi connectivity index (χ3v) is 5.54. The summed E-state index contributed by atoms with van der Waals surface area (Å²) in [6, 6.07) is 17.8. The van der Waals surface area contributed by atoms with Crippen LogP contribution in [0.2, 0.25) is 0 Å². The molecule has 4 rings (SSSR count). The molecule has 0 aromatic heterocycles. The third kappa shape index (κ3) is 3.58. The van der Waals surface area contributed by atoms with Crippen molar-refractivity contribution in [1.82, 2.24) is 10.2 Å². The monoisotopic (exact) mass is 360 g/mol. The highest BCUT2D eigenvalue weighted by Crippen LogP contribution is 2.26. The van der Waals surface area contributed by atoms with Crippen molar-refractivity contribution < 1.29 is 9.59 Å². The minimum absolute atomic E-state index is 0.0470. The molecule has 1 fully saturated rings. The van der Waals surface area contributed by atoms with Crippen molar-refractivity contribution in [3.8, 4) is 0 Å². The number of allylic oxidation sites excluding steroid dienone is 2. The lowest BCUT2D eigenvalue weighted by molar-refractivity contribution is 0.0963. The van der Waals surface area contributed by atoms with Gasteiger partial charge in [0.25, 0.3) is 0 Å². The number of Topliss-reactive ketones (excluding diaryl/α,β-unsaturated/α-hetero) is 2. The van der Waals surface area contributed by atoms with Crippen molar-refractivity contribution in [2.24, 2.45) is 0 Å². The number of hydrogen-bond acceptors (Lipinski definition) is 4. The fraction of sp³-hybridized carbons (Fsp3) is 0.304. The summed E-state index contributed by atoms with van der Waals surface area (Å²) in [5, 5.41) is 3.40. The molecule has 1 N–H and O–H groups in total. The number of ketones is 2. The molecule has 0 amide bonds. The Kier molecular flexibility index (Phi) is 4.90. The first-order valence-corrected chi connectivity index (χ1v) is 9.55. The number of benzene rings is 2. The molecule has 4 nitrogen and oxygen atoms in total. The lowest BCUT2D eigenvalue weighted by Gasteiger charge is -2.34. The van der Waals surface area contributed by atoms with Crippen molar-refractivity contribution in [1.29, 1.82) is 0 Å². The maximum absolute atomic E-state index is 12.9. The van der Waals surface area contributed by atoms with Gasteiger partial charge >= 0.3 is 0 Å². The van der Waals surface area contributed by atoms with E-state index in [9.17, 15) is 9.59 Å². The molecule has 1 aliphatic heterocycles. The lowest BCUT2D eigenvalue weighted by Crippen LogP contribution is -2.44. The minimum atomic E-state index is -0.0607. The van der Waals surface area contributed by atoms with Crippen LogP contribution in [0.5, 0.6) is 0 Å². The number of rotatable bonds is 4. The fourth-order valence-corrected chi connectivity index (χ4v) is 3.95. The summed E-state index contributed by atoms with van der Waals surface area (Å²) >= 11 is 0. The van der Waals surface area contributed by atoms with Gasteiger partial charge in [-0.05, 0) is 25.3 Å². The summed E-state index contributed by atoms with van der Waals surface area (Å²) in [5.74, 6) is -0.108. The van der Waals surface area contributed by atoms with Crippen LogP contribution in [0.15, 0.2) is 65.9 Å². The lowest BCUT2D eigenvalue weighted by atomic mass is 9.87. The molecule has 0 saturated carbocycles. The average Bonchev–Trinajstić information content (AvgIpc) is 2.71. The second-order valence-electron chi connectivity index (χ2n) is 7.38. The molecule has 2 aromatic carbocycles. The summed E-state index contributed by atoms with van der Waals surface area (Å²) < 4.78 is 0. The molecule has 2 aromatic rings. The van der Waals surface area contributed by atoms with E-state index >= 15 is 0 Å². The van der Waals surface area contributed by atoms with Crippen LogP contribution >= 0.6 is 0 Å². The highest BCUT2D eigenvalue weighted by Gasteiger charge is 2.31. The molecular formula is C23H24N2O2. The molecule has 1 aliphatic carbocycles. The molecule has 2 aliphatic rings. The van der Waals surface area contributed by atoms with Gasteiger partial charge in [-0.3, -0.25) is 14.5 Å². The van der Waals surface area contributed by atoms with E-state index in [-0.39, 0.29) is 17.6 Å². The minimum Gasteiger partial charge on any atom is -0.379 e. The first kappa shape index (κ1) is 17.7. The summed E-state index contributed by atoms with van der Waals surface area (Å²) in [6.07, 6.45) is 1.93. The number of nitrogens with zero attached hydrogens (tertiary/aromatic N) is 1. The smallest absolute Gasteiger partial charge is 0.209 e. The Hall–Kier alpha value is -2.72. The van der Waals surface area contributed by atoms with Crippen LogP contribution in [0.1, 0.15) is 46.0 Å². The zero-order chi connectivity index (χ0) is 18.8. The zero-order valence-corrected chi connectivity index (χ0v) is 15.6. The van der Waals surface area contributed by atoms with Gasteiger partial charge in [-0.1, -0.05) is 54.6 Å². The first-order chi connectivity index (χ1) is 13.1. The Morgan fingerprint density at radius 2 is 1.48 bits per heavy atom. The summed E-state index contributed by atoms with van der Waals surface area (Å²) in [6.45, 7) is 4.68. The van der Waals surface area contributed by atoms with Crippen molar-refractivity contribution >= 4 is 11.6 Å². The second kappa shape index (κ2) is 7.49. The number of carbonyl (C=O) groups excluding carboxylic acids is 2. The van der Waals surface area contributed by atoms with E-state index in [2.05, 4.69) is 34.5 Å². The molecule has 0 bridgehead atoms. The maximum Gasteiger partial charge on any atom is 0.209 e. The number of hydrogen-bond donors (Lipinski definition) is 1. The topological polar surface area (TPSA) is 49.4 Å². The van der Waals surface area contributed by atoms with Crippen LogP contribution in [0, 0.1) is 0 Å². The van der Waals surface area contributed by atoms with Gasteiger partial charge in [0.15, 0.2) is 5.78 Å². The average molecular weight is 360 g/mol. The Labute approximate surface area is 159 Å². The SMILES string of the molecule is CC1=C(NC2CCN(Cc3ccccc3)CC2)C(=O)c2ccccc2C1=O. The van der Waals surface area contributed by atoms with Crippen molar-refractivity contribution in [3.63, 3.8) is 0 Å². The van der Waals surface area contributed by atoms with E-state index in [0.29, 0.717) is 22.4 Å². The summed E-state index contributed by atoms with van der Waals surface area (Å²) in [5.41, 5.74) is 3.37. The first-order valence-electron chi connectivity index (χ1n) is 9.55. The maximum atomic E-state index is 12.9. The van der Waals surface area contributed by atoms with Gasteiger partial charge in [-0.25, -0.2) is 0 Å². The van der Waals surface area contributed by atoms with Crippen molar-refractivity contribution in [2.75, 3.05) is 13.1 Å². The van der Waals surface area contributed by atoms with E-state index in [1.54, 1.807) is 25.1 Å². The van der Waals surface area contributed by atoms with Crippen LogP contribution in [0.25, 0.3) is 0 Å². The fourth-order valence-electron chi connectivity index (χ4n) is 3.95. The van der Waals surface area contributed by atoms with Gasteiger partial charge in [-0.2, -0.15) is 0 Å².